The third-order valence-electron chi connectivity index (χ3n) is 3.65. The number of nitrogens with zero attached hydrogens (tertiary/aromatic N) is 1. The number of hydrogen-bond acceptors (Lipinski definition) is 2. The van der Waals surface area contributed by atoms with Gasteiger partial charge >= 0.3 is 0 Å². The molecule has 0 bridgehead atoms. The Kier molecular flexibility index (Phi) is 5.48. The number of likely N-dealkylation sites (tertiary alicyclic amines) is 1. The first-order valence-corrected chi connectivity index (χ1v) is 7.74. The molecule has 1 fully saturated rings. The highest BCUT2D eigenvalue weighted by Gasteiger charge is 2.22. The number of carbonyl (C=O) groups excluding carboxylic acids is 2. The van der Waals surface area contributed by atoms with Gasteiger partial charge in [-0.3, -0.25) is 9.59 Å². The van der Waals surface area contributed by atoms with Crippen molar-refractivity contribution in [3.63, 3.8) is 0 Å². The van der Waals surface area contributed by atoms with E-state index in [0.717, 1.165) is 25.9 Å². The van der Waals surface area contributed by atoms with Crippen LogP contribution in [0, 0.1) is 5.92 Å². The van der Waals surface area contributed by atoms with Crippen molar-refractivity contribution in [1.82, 2.24) is 4.90 Å². The van der Waals surface area contributed by atoms with E-state index >= 15 is 0 Å². The van der Waals surface area contributed by atoms with Crippen molar-refractivity contribution >= 4 is 40.7 Å². The summed E-state index contributed by atoms with van der Waals surface area (Å²) >= 11 is 11.8. The summed E-state index contributed by atoms with van der Waals surface area (Å²) in [5.41, 5.74) is 0.425. The highest BCUT2D eigenvalue weighted by molar-refractivity contribution is 6.35. The number of piperidine rings is 1. The fraction of sp³-hybridized carbons (Fsp3) is 0.467. The summed E-state index contributed by atoms with van der Waals surface area (Å²) in [7, 11) is 0. The molecule has 0 radical (unpaired) electrons. The third kappa shape index (κ3) is 4.61. The van der Waals surface area contributed by atoms with Crippen LogP contribution in [0.2, 0.25) is 10.0 Å². The lowest BCUT2D eigenvalue weighted by molar-refractivity contribution is -0.135. The highest BCUT2D eigenvalue weighted by atomic mass is 35.5. The second kappa shape index (κ2) is 7.14. The molecule has 21 heavy (non-hydrogen) atoms. The first-order valence-electron chi connectivity index (χ1n) is 6.98. The van der Waals surface area contributed by atoms with Gasteiger partial charge in [0.15, 0.2) is 0 Å². The molecule has 1 aromatic carbocycles. The fourth-order valence-electron chi connectivity index (χ4n) is 2.29. The van der Waals surface area contributed by atoms with Gasteiger partial charge < -0.3 is 10.2 Å². The molecular weight excluding hydrogens is 311 g/mol. The van der Waals surface area contributed by atoms with Gasteiger partial charge in [0.25, 0.3) is 0 Å². The van der Waals surface area contributed by atoms with Crippen molar-refractivity contribution in [1.29, 1.82) is 0 Å². The molecule has 1 aromatic rings. The minimum Gasteiger partial charge on any atom is -0.342 e. The minimum atomic E-state index is -0.372. The van der Waals surface area contributed by atoms with Crippen molar-refractivity contribution < 1.29 is 9.59 Å². The summed E-state index contributed by atoms with van der Waals surface area (Å²) in [4.78, 5) is 25.7. The van der Waals surface area contributed by atoms with Crippen LogP contribution in [0.4, 0.5) is 5.69 Å². The van der Waals surface area contributed by atoms with E-state index in [-0.39, 0.29) is 18.2 Å². The Balaban J connectivity index is 1.89. The summed E-state index contributed by atoms with van der Waals surface area (Å²) in [5, 5.41) is 3.50. The van der Waals surface area contributed by atoms with E-state index in [1.165, 1.54) is 0 Å². The van der Waals surface area contributed by atoms with E-state index in [2.05, 4.69) is 12.2 Å². The number of nitrogens with one attached hydrogen (secondary N) is 1. The number of halogens is 2. The van der Waals surface area contributed by atoms with E-state index in [0.29, 0.717) is 21.7 Å². The maximum absolute atomic E-state index is 12.1. The molecule has 4 nitrogen and oxygen atoms in total. The van der Waals surface area contributed by atoms with Crippen molar-refractivity contribution in [2.45, 2.75) is 26.2 Å². The summed E-state index contributed by atoms with van der Waals surface area (Å²) < 4.78 is 0. The van der Waals surface area contributed by atoms with Crippen molar-refractivity contribution in [3.05, 3.63) is 28.2 Å². The molecule has 0 saturated carbocycles. The van der Waals surface area contributed by atoms with Crippen LogP contribution < -0.4 is 5.32 Å². The van der Waals surface area contributed by atoms with Gasteiger partial charge in [0.2, 0.25) is 11.8 Å². The fourth-order valence-corrected chi connectivity index (χ4v) is 2.63. The zero-order valence-corrected chi connectivity index (χ0v) is 13.4. The molecule has 2 amide bonds. The molecule has 0 atom stereocenters. The van der Waals surface area contributed by atoms with Crippen molar-refractivity contribution in [3.8, 4) is 0 Å². The van der Waals surface area contributed by atoms with E-state index in [4.69, 9.17) is 23.2 Å². The Morgan fingerprint density at radius 1 is 1.29 bits per heavy atom. The molecule has 6 heteroatoms. The van der Waals surface area contributed by atoms with Gasteiger partial charge in [-0.25, -0.2) is 0 Å². The molecule has 2 rings (SSSR count). The van der Waals surface area contributed by atoms with Gasteiger partial charge in [-0.05, 0) is 37.0 Å². The molecule has 1 N–H and O–H groups in total. The molecular formula is C15H18Cl2N2O2. The summed E-state index contributed by atoms with van der Waals surface area (Å²) in [5.74, 6) is 0.133. The van der Waals surface area contributed by atoms with Crippen LogP contribution in [0.25, 0.3) is 0 Å². The van der Waals surface area contributed by atoms with E-state index < -0.39 is 0 Å². The smallest absolute Gasteiger partial charge is 0.233 e. The molecule has 0 spiro atoms. The average molecular weight is 329 g/mol. The molecule has 0 aliphatic carbocycles. The summed E-state index contributed by atoms with van der Waals surface area (Å²) in [6.45, 7) is 3.63. The van der Waals surface area contributed by atoms with Gasteiger partial charge in [0, 0.05) is 18.1 Å². The zero-order chi connectivity index (χ0) is 15.4. The lowest BCUT2D eigenvalue weighted by Gasteiger charge is -2.30. The van der Waals surface area contributed by atoms with Crippen LogP contribution in [0.5, 0.6) is 0 Å². The number of benzene rings is 1. The first kappa shape index (κ1) is 16.1. The molecule has 1 saturated heterocycles. The van der Waals surface area contributed by atoms with E-state index in [1.807, 2.05) is 0 Å². The highest BCUT2D eigenvalue weighted by Crippen LogP contribution is 2.25. The molecule has 0 aromatic heterocycles. The van der Waals surface area contributed by atoms with Crippen LogP contribution in [-0.4, -0.2) is 29.8 Å². The Morgan fingerprint density at radius 2 is 1.95 bits per heavy atom. The second-order valence-corrected chi connectivity index (χ2v) is 6.26. The standard InChI is InChI=1S/C15H18Cl2N2O2/c1-10-4-6-19(7-5-10)15(21)9-14(20)18-13-8-11(16)2-3-12(13)17/h2-3,8,10H,4-7,9H2,1H3,(H,18,20). The van der Waals surface area contributed by atoms with Crippen LogP contribution in [-0.2, 0) is 9.59 Å². The Hall–Kier alpha value is -1.26. The third-order valence-corrected chi connectivity index (χ3v) is 4.22. The van der Waals surface area contributed by atoms with Crippen LogP contribution >= 0.6 is 23.2 Å². The number of carbonyl (C=O) groups is 2. The normalized spacial score (nSPS) is 15.9. The molecule has 1 aliphatic heterocycles. The van der Waals surface area contributed by atoms with E-state index in [9.17, 15) is 9.59 Å². The van der Waals surface area contributed by atoms with Crippen LogP contribution in [0.3, 0.4) is 0 Å². The van der Waals surface area contributed by atoms with Gasteiger partial charge in [0.05, 0.1) is 10.7 Å². The maximum atomic E-state index is 12.1. The predicted molar refractivity (Wildman–Crippen MR) is 84.7 cm³/mol. The quantitative estimate of drug-likeness (QED) is 0.862. The van der Waals surface area contributed by atoms with Gasteiger partial charge in [-0.1, -0.05) is 30.1 Å². The van der Waals surface area contributed by atoms with Gasteiger partial charge in [-0.2, -0.15) is 0 Å². The van der Waals surface area contributed by atoms with Crippen molar-refractivity contribution in [2.24, 2.45) is 5.92 Å². The lowest BCUT2D eigenvalue weighted by atomic mass is 9.99. The van der Waals surface area contributed by atoms with Crippen LogP contribution in [0.1, 0.15) is 26.2 Å². The topological polar surface area (TPSA) is 49.4 Å². The molecule has 1 heterocycles. The average Bonchev–Trinajstić information content (AvgIpc) is 2.43. The second-order valence-electron chi connectivity index (χ2n) is 5.41. The van der Waals surface area contributed by atoms with Gasteiger partial charge in [-0.15, -0.1) is 0 Å². The molecule has 114 valence electrons. The largest absolute Gasteiger partial charge is 0.342 e. The lowest BCUT2D eigenvalue weighted by Crippen LogP contribution is -2.39. The molecule has 1 aliphatic rings. The Bertz CT molecular complexity index is 540. The summed E-state index contributed by atoms with van der Waals surface area (Å²) in [6, 6.07) is 4.81. The SMILES string of the molecule is CC1CCN(C(=O)CC(=O)Nc2cc(Cl)ccc2Cl)CC1. The Morgan fingerprint density at radius 3 is 2.62 bits per heavy atom. The number of amides is 2. The van der Waals surface area contributed by atoms with E-state index in [1.54, 1.807) is 23.1 Å². The number of hydrogen-bond donors (Lipinski definition) is 1. The first-order chi connectivity index (χ1) is 9.95. The summed E-state index contributed by atoms with van der Waals surface area (Å²) in [6.07, 6.45) is 1.82. The maximum Gasteiger partial charge on any atom is 0.233 e. The minimum absolute atomic E-state index is 0.141. The predicted octanol–water partition coefficient (Wildman–Crippen LogP) is 3.58. The monoisotopic (exact) mass is 328 g/mol. The van der Waals surface area contributed by atoms with Crippen LogP contribution in [0.15, 0.2) is 18.2 Å². The number of rotatable bonds is 3. The molecule has 0 unspecified atom stereocenters. The zero-order valence-electron chi connectivity index (χ0n) is 11.9. The van der Waals surface area contributed by atoms with Gasteiger partial charge in [0.1, 0.15) is 6.42 Å². The van der Waals surface area contributed by atoms with Crippen molar-refractivity contribution in [2.75, 3.05) is 18.4 Å². The number of anilines is 1. The Labute approximate surface area is 134 Å².